The Balaban J connectivity index is 2.04. The molecule has 3 aromatic carbocycles. The van der Waals surface area contributed by atoms with Crippen LogP contribution in [0.15, 0.2) is 72.8 Å². The number of carbonyl (C=O) groups is 2. The molecule has 0 amide bonds. The highest BCUT2D eigenvalue weighted by Gasteiger charge is 2.55. The Morgan fingerprint density at radius 3 is 1.28 bits per heavy atom. The molecule has 0 atom stereocenters. The van der Waals surface area contributed by atoms with Gasteiger partial charge < -0.3 is 0 Å². The second-order valence-corrected chi connectivity index (χ2v) is 8.46. The van der Waals surface area contributed by atoms with E-state index in [1.54, 1.807) is 12.1 Å². The molecule has 25 heavy (non-hydrogen) atoms. The third kappa shape index (κ3) is 2.49. The van der Waals surface area contributed by atoms with E-state index < -0.39 is 5.41 Å². The van der Waals surface area contributed by atoms with E-state index in [2.05, 4.69) is 45.2 Å². The van der Waals surface area contributed by atoms with Crippen LogP contribution in [0.5, 0.6) is 0 Å². The number of hydrogen-bond donors (Lipinski definition) is 0. The average Bonchev–Trinajstić information content (AvgIpc) is 2.86. The highest BCUT2D eigenvalue weighted by Crippen LogP contribution is 2.44. The van der Waals surface area contributed by atoms with E-state index in [0.29, 0.717) is 11.1 Å². The van der Waals surface area contributed by atoms with Crippen LogP contribution in [-0.2, 0) is 5.41 Å². The summed E-state index contributed by atoms with van der Waals surface area (Å²) in [5.74, 6) is -0.286. The normalized spacial score (nSPS) is 15.3. The van der Waals surface area contributed by atoms with E-state index in [4.69, 9.17) is 0 Å². The number of Topliss-reactive ketones (excluding diaryl/α,β-unsaturated/α-hetero) is 2. The molecule has 0 spiro atoms. The first-order chi connectivity index (χ1) is 12.0. The lowest BCUT2D eigenvalue weighted by Gasteiger charge is -2.27. The first-order valence-corrected chi connectivity index (χ1v) is 9.91. The van der Waals surface area contributed by atoms with Gasteiger partial charge in [0.15, 0.2) is 11.6 Å². The zero-order valence-corrected chi connectivity index (χ0v) is 17.3. The van der Waals surface area contributed by atoms with Crippen molar-refractivity contribution >= 4 is 56.7 Å². The Morgan fingerprint density at radius 2 is 0.920 bits per heavy atom. The van der Waals surface area contributed by atoms with Crippen LogP contribution < -0.4 is 0 Å². The number of hydrogen-bond acceptors (Lipinski definition) is 2. The molecule has 0 aromatic heterocycles. The SMILES string of the molecule is O=C1c2ccccc2C(=O)C1(c1ccc(I)cc1)c1ccc(I)cc1. The number of benzene rings is 3. The van der Waals surface area contributed by atoms with Crippen molar-refractivity contribution in [3.05, 3.63) is 102 Å². The Hall–Kier alpha value is -1.54. The molecule has 0 heterocycles. The molecule has 4 heteroatoms. The van der Waals surface area contributed by atoms with Gasteiger partial charge in [-0.25, -0.2) is 0 Å². The van der Waals surface area contributed by atoms with Gasteiger partial charge in [-0.1, -0.05) is 48.5 Å². The van der Waals surface area contributed by atoms with Gasteiger partial charge in [0.2, 0.25) is 0 Å². The second kappa shape index (κ2) is 6.32. The molecule has 0 radical (unpaired) electrons. The van der Waals surface area contributed by atoms with E-state index in [-0.39, 0.29) is 11.6 Å². The highest BCUT2D eigenvalue weighted by molar-refractivity contribution is 14.1. The fraction of sp³-hybridized carbons (Fsp3) is 0.0476. The van der Waals surface area contributed by atoms with Gasteiger partial charge in [0.25, 0.3) is 0 Å². The molecule has 0 saturated carbocycles. The number of ketones is 2. The largest absolute Gasteiger partial charge is 0.292 e. The Kier molecular flexibility index (Phi) is 4.27. The molecule has 0 aliphatic heterocycles. The van der Waals surface area contributed by atoms with Crippen molar-refractivity contribution in [2.75, 3.05) is 0 Å². The van der Waals surface area contributed by atoms with Crippen molar-refractivity contribution in [2.24, 2.45) is 0 Å². The first-order valence-electron chi connectivity index (χ1n) is 7.76. The van der Waals surface area contributed by atoms with E-state index >= 15 is 0 Å². The molecule has 0 fully saturated rings. The van der Waals surface area contributed by atoms with Crippen LogP contribution >= 0.6 is 45.2 Å². The maximum absolute atomic E-state index is 13.5. The summed E-state index contributed by atoms with van der Waals surface area (Å²) in [5, 5.41) is 0. The molecule has 122 valence electrons. The maximum Gasteiger partial charge on any atom is 0.186 e. The van der Waals surface area contributed by atoms with Crippen molar-refractivity contribution in [3.8, 4) is 0 Å². The van der Waals surface area contributed by atoms with Gasteiger partial charge in [-0.3, -0.25) is 9.59 Å². The van der Waals surface area contributed by atoms with Crippen LogP contribution in [0.1, 0.15) is 31.8 Å². The fourth-order valence-electron chi connectivity index (χ4n) is 3.48. The van der Waals surface area contributed by atoms with Gasteiger partial charge in [0.05, 0.1) is 0 Å². The summed E-state index contributed by atoms with van der Waals surface area (Å²) in [7, 11) is 0. The molecule has 1 aliphatic carbocycles. The smallest absolute Gasteiger partial charge is 0.186 e. The number of fused-ring (bicyclic) bond motifs is 1. The molecular formula is C21H12I2O2. The lowest BCUT2D eigenvalue weighted by atomic mass is 9.70. The quantitative estimate of drug-likeness (QED) is 0.323. The van der Waals surface area contributed by atoms with Crippen LogP contribution in [0.2, 0.25) is 0 Å². The van der Waals surface area contributed by atoms with Gasteiger partial charge in [-0.05, 0) is 80.6 Å². The monoisotopic (exact) mass is 550 g/mol. The van der Waals surface area contributed by atoms with Gasteiger partial charge >= 0.3 is 0 Å². The minimum Gasteiger partial charge on any atom is -0.292 e. The van der Waals surface area contributed by atoms with Crippen LogP contribution in [0.4, 0.5) is 0 Å². The Bertz CT molecular complexity index is 907. The zero-order chi connectivity index (χ0) is 17.6. The van der Waals surface area contributed by atoms with Gasteiger partial charge in [-0.15, -0.1) is 0 Å². The van der Waals surface area contributed by atoms with Gasteiger partial charge in [0, 0.05) is 18.3 Å². The lowest BCUT2D eigenvalue weighted by molar-refractivity contribution is 0.0829. The summed E-state index contributed by atoms with van der Waals surface area (Å²) in [4.78, 5) is 27.0. The predicted molar refractivity (Wildman–Crippen MR) is 114 cm³/mol. The molecule has 3 aromatic rings. The molecule has 0 unspecified atom stereocenters. The molecule has 0 N–H and O–H groups in total. The van der Waals surface area contributed by atoms with Gasteiger partial charge in [-0.2, -0.15) is 0 Å². The van der Waals surface area contributed by atoms with Crippen LogP contribution in [0, 0.1) is 7.14 Å². The molecular weight excluding hydrogens is 538 g/mol. The molecule has 0 bridgehead atoms. The highest BCUT2D eigenvalue weighted by atomic mass is 127. The van der Waals surface area contributed by atoms with E-state index in [9.17, 15) is 9.59 Å². The van der Waals surface area contributed by atoms with Crippen molar-refractivity contribution in [3.63, 3.8) is 0 Å². The van der Waals surface area contributed by atoms with Crippen LogP contribution in [0.3, 0.4) is 0 Å². The lowest BCUT2D eigenvalue weighted by Crippen LogP contribution is -2.39. The topological polar surface area (TPSA) is 34.1 Å². The number of halogens is 2. The second-order valence-electron chi connectivity index (χ2n) is 5.97. The standard InChI is InChI=1S/C21H12I2O2/c22-15-9-5-13(6-10-15)21(14-7-11-16(23)12-8-14)19(24)17-3-1-2-4-18(17)20(21)25/h1-12H. The van der Waals surface area contributed by atoms with E-state index in [1.165, 1.54) is 0 Å². The van der Waals surface area contributed by atoms with Crippen molar-refractivity contribution in [1.29, 1.82) is 0 Å². The van der Waals surface area contributed by atoms with Crippen molar-refractivity contribution in [2.45, 2.75) is 5.41 Å². The van der Waals surface area contributed by atoms with E-state index in [0.717, 1.165) is 18.3 Å². The number of rotatable bonds is 2. The first kappa shape index (κ1) is 16.9. The molecule has 0 saturated heterocycles. The number of carbonyl (C=O) groups excluding carboxylic acids is 2. The fourth-order valence-corrected chi connectivity index (χ4v) is 4.20. The van der Waals surface area contributed by atoms with Gasteiger partial charge in [0.1, 0.15) is 5.41 Å². The predicted octanol–water partition coefficient (Wildman–Crippen LogP) is 5.26. The summed E-state index contributed by atoms with van der Waals surface area (Å²) >= 11 is 4.45. The average molecular weight is 550 g/mol. The van der Waals surface area contributed by atoms with Crippen LogP contribution in [0.25, 0.3) is 0 Å². The Morgan fingerprint density at radius 1 is 0.560 bits per heavy atom. The minimum atomic E-state index is -1.29. The summed E-state index contributed by atoms with van der Waals surface area (Å²) < 4.78 is 2.13. The summed E-state index contributed by atoms with van der Waals surface area (Å²) in [6.45, 7) is 0. The Labute approximate surface area is 172 Å². The third-order valence-corrected chi connectivity index (χ3v) is 6.09. The summed E-state index contributed by atoms with van der Waals surface area (Å²) in [6, 6.07) is 22.4. The zero-order valence-electron chi connectivity index (χ0n) is 13.0. The molecule has 4 rings (SSSR count). The minimum absolute atomic E-state index is 0.143. The van der Waals surface area contributed by atoms with Crippen molar-refractivity contribution < 1.29 is 9.59 Å². The molecule has 2 nitrogen and oxygen atoms in total. The van der Waals surface area contributed by atoms with E-state index in [1.807, 2.05) is 60.7 Å². The molecule has 1 aliphatic rings. The van der Waals surface area contributed by atoms with Crippen LogP contribution in [-0.4, -0.2) is 11.6 Å². The maximum atomic E-state index is 13.5. The van der Waals surface area contributed by atoms with Crippen molar-refractivity contribution in [1.82, 2.24) is 0 Å². The third-order valence-electron chi connectivity index (χ3n) is 4.65. The summed E-state index contributed by atoms with van der Waals surface area (Å²) in [6.07, 6.45) is 0. The summed E-state index contributed by atoms with van der Waals surface area (Å²) in [5.41, 5.74) is 1.16.